The number of carbonyl (C=O) groups excluding carboxylic acids is 1. The fraction of sp³-hybridized carbons (Fsp3) is 0.682. The van der Waals surface area contributed by atoms with Gasteiger partial charge in [-0.25, -0.2) is 0 Å². The van der Waals surface area contributed by atoms with Crippen LogP contribution in [0.5, 0.6) is 0 Å². The largest absolute Gasteiger partial charge is 0.349 e. The van der Waals surface area contributed by atoms with Gasteiger partial charge in [0.15, 0.2) is 0 Å². The van der Waals surface area contributed by atoms with Gasteiger partial charge in [-0.2, -0.15) is 0 Å². The Hall–Kier alpha value is -1.35. The molecular formula is C22H34N2O. The number of nitrogens with zero attached hydrogens (tertiary/aromatic N) is 1. The fourth-order valence-corrected chi connectivity index (χ4v) is 4.32. The van der Waals surface area contributed by atoms with E-state index in [-0.39, 0.29) is 5.91 Å². The van der Waals surface area contributed by atoms with Gasteiger partial charge in [0.25, 0.3) is 5.91 Å². The molecule has 1 saturated carbocycles. The lowest BCUT2D eigenvalue weighted by Crippen LogP contribution is -2.35. The molecule has 1 saturated heterocycles. The molecule has 3 heteroatoms. The van der Waals surface area contributed by atoms with E-state index in [2.05, 4.69) is 29.3 Å². The molecule has 2 aliphatic rings. The molecule has 2 fully saturated rings. The van der Waals surface area contributed by atoms with E-state index in [1.165, 1.54) is 63.6 Å². The van der Waals surface area contributed by atoms with Crippen LogP contribution in [0.15, 0.2) is 24.3 Å². The van der Waals surface area contributed by atoms with E-state index >= 15 is 0 Å². The molecule has 3 nitrogen and oxygen atoms in total. The van der Waals surface area contributed by atoms with Gasteiger partial charge >= 0.3 is 0 Å². The normalized spacial score (nSPS) is 23.6. The Morgan fingerprint density at radius 2 is 1.68 bits per heavy atom. The molecule has 1 aromatic rings. The van der Waals surface area contributed by atoms with E-state index < -0.39 is 0 Å². The standard InChI is InChI=1S/C22H34N2O/c1-18-8-7-15-24(16-18)17-19-11-13-20(14-12-19)22(25)23-21-9-5-3-2-4-6-10-21/h11-14,18,21H,2-10,15-17H2,1H3,(H,23,25)/t18-/m1/s1. The third kappa shape index (κ3) is 5.85. The second kappa shape index (κ2) is 9.38. The van der Waals surface area contributed by atoms with Crippen LogP contribution < -0.4 is 5.32 Å². The SMILES string of the molecule is C[C@@H]1CCCN(Cc2ccc(C(=O)NC3CCCCCCC3)cc2)C1. The highest BCUT2D eigenvalue weighted by molar-refractivity contribution is 5.94. The zero-order valence-corrected chi connectivity index (χ0v) is 15.8. The summed E-state index contributed by atoms with van der Waals surface area (Å²) < 4.78 is 0. The summed E-state index contributed by atoms with van der Waals surface area (Å²) in [5.74, 6) is 0.909. The maximum atomic E-state index is 12.5. The topological polar surface area (TPSA) is 32.3 Å². The highest BCUT2D eigenvalue weighted by atomic mass is 16.1. The van der Waals surface area contributed by atoms with Crippen molar-refractivity contribution >= 4 is 5.91 Å². The molecule has 1 aromatic carbocycles. The third-order valence-electron chi connectivity index (χ3n) is 5.80. The number of likely N-dealkylation sites (tertiary alicyclic amines) is 1. The summed E-state index contributed by atoms with van der Waals surface area (Å²) in [5, 5.41) is 3.26. The van der Waals surface area contributed by atoms with Gasteiger partial charge in [0, 0.05) is 24.7 Å². The first-order valence-electron chi connectivity index (χ1n) is 10.3. The molecular weight excluding hydrogens is 308 g/mol. The third-order valence-corrected chi connectivity index (χ3v) is 5.80. The number of piperidine rings is 1. The summed E-state index contributed by atoms with van der Waals surface area (Å²) in [6, 6.07) is 8.63. The zero-order valence-electron chi connectivity index (χ0n) is 15.8. The Balaban J connectivity index is 1.51. The van der Waals surface area contributed by atoms with Gasteiger partial charge in [0.2, 0.25) is 0 Å². The van der Waals surface area contributed by atoms with E-state index in [0.717, 1.165) is 30.9 Å². The Morgan fingerprint density at radius 1 is 1.00 bits per heavy atom. The average Bonchev–Trinajstić information content (AvgIpc) is 2.58. The number of rotatable bonds is 4. The van der Waals surface area contributed by atoms with E-state index in [4.69, 9.17) is 0 Å². The highest BCUT2D eigenvalue weighted by Crippen LogP contribution is 2.19. The average molecular weight is 343 g/mol. The minimum atomic E-state index is 0.101. The summed E-state index contributed by atoms with van der Waals surface area (Å²) >= 11 is 0. The molecule has 1 aliphatic heterocycles. The van der Waals surface area contributed by atoms with Crippen LogP contribution in [0.25, 0.3) is 0 Å². The second-order valence-electron chi connectivity index (χ2n) is 8.19. The van der Waals surface area contributed by atoms with Crippen LogP contribution >= 0.6 is 0 Å². The van der Waals surface area contributed by atoms with Gasteiger partial charge < -0.3 is 5.32 Å². The minimum Gasteiger partial charge on any atom is -0.349 e. The van der Waals surface area contributed by atoms with Crippen LogP contribution in [0.4, 0.5) is 0 Å². The van der Waals surface area contributed by atoms with Crippen molar-refractivity contribution in [2.45, 2.75) is 77.3 Å². The first-order valence-corrected chi connectivity index (χ1v) is 10.3. The predicted molar refractivity (Wildman–Crippen MR) is 104 cm³/mol. The molecule has 25 heavy (non-hydrogen) atoms. The molecule has 1 amide bonds. The van der Waals surface area contributed by atoms with Crippen molar-refractivity contribution in [3.63, 3.8) is 0 Å². The number of hydrogen-bond donors (Lipinski definition) is 1. The van der Waals surface area contributed by atoms with Crippen molar-refractivity contribution < 1.29 is 4.79 Å². The highest BCUT2D eigenvalue weighted by Gasteiger charge is 2.17. The second-order valence-corrected chi connectivity index (χ2v) is 8.19. The Bertz CT molecular complexity index is 531. The van der Waals surface area contributed by atoms with Crippen molar-refractivity contribution in [1.29, 1.82) is 0 Å². The molecule has 1 N–H and O–H groups in total. The van der Waals surface area contributed by atoms with Crippen LogP contribution in [-0.2, 0) is 6.54 Å². The number of amides is 1. The monoisotopic (exact) mass is 342 g/mol. The fourth-order valence-electron chi connectivity index (χ4n) is 4.32. The summed E-state index contributed by atoms with van der Waals surface area (Å²) in [7, 11) is 0. The molecule has 138 valence electrons. The lowest BCUT2D eigenvalue weighted by molar-refractivity contribution is 0.0930. The Labute approximate surface area is 153 Å². The van der Waals surface area contributed by atoms with Gasteiger partial charge in [-0.05, 0) is 55.8 Å². The molecule has 0 radical (unpaired) electrons. The minimum absolute atomic E-state index is 0.101. The summed E-state index contributed by atoms with van der Waals surface area (Å²) in [4.78, 5) is 15.1. The van der Waals surface area contributed by atoms with Crippen molar-refractivity contribution in [2.24, 2.45) is 5.92 Å². The zero-order chi connectivity index (χ0) is 17.5. The quantitative estimate of drug-likeness (QED) is 0.855. The predicted octanol–water partition coefficient (Wildman–Crippen LogP) is 4.76. The molecule has 3 rings (SSSR count). The van der Waals surface area contributed by atoms with Gasteiger partial charge in [-0.3, -0.25) is 9.69 Å². The first kappa shape index (κ1) is 18.4. The van der Waals surface area contributed by atoms with E-state index in [1.54, 1.807) is 0 Å². The van der Waals surface area contributed by atoms with Crippen molar-refractivity contribution in [1.82, 2.24) is 10.2 Å². The van der Waals surface area contributed by atoms with Crippen molar-refractivity contribution in [3.05, 3.63) is 35.4 Å². The first-order chi connectivity index (χ1) is 12.2. The van der Waals surface area contributed by atoms with Gasteiger partial charge in [-0.15, -0.1) is 0 Å². The smallest absolute Gasteiger partial charge is 0.251 e. The van der Waals surface area contributed by atoms with Gasteiger partial charge in [0.05, 0.1) is 0 Å². The molecule has 1 atom stereocenters. The number of carbonyl (C=O) groups is 1. The van der Waals surface area contributed by atoms with Crippen LogP contribution in [0, 0.1) is 5.92 Å². The van der Waals surface area contributed by atoms with Crippen LogP contribution in [-0.4, -0.2) is 29.9 Å². The number of hydrogen-bond acceptors (Lipinski definition) is 2. The Morgan fingerprint density at radius 3 is 2.36 bits per heavy atom. The lowest BCUT2D eigenvalue weighted by Gasteiger charge is -2.30. The number of nitrogens with one attached hydrogen (secondary N) is 1. The van der Waals surface area contributed by atoms with Gasteiger partial charge in [0.1, 0.15) is 0 Å². The Kier molecular flexibility index (Phi) is 6.92. The summed E-state index contributed by atoms with van der Waals surface area (Å²) in [6.45, 7) is 5.75. The van der Waals surface area contributed by atoms with Crippen LogP contribution in [0.3, 0.4) is 0 Å². The maximum Gasteiger partial charge on any atom is 0.251 e. The summed E-state index contributed by atoms with van der Waals surface area (Å²) in [6.07, 6.45) is 11.4. The van der Waals surface area contributed by atoms with E-state index in [1.807, 2.05) is 12.1 Å². The number of benzene rings is 1. The van der Waals surface area contributed by atoms with Gasteiger partial charge in [-0.1, -0.05) is 51.2 Å². The van der Waals surface area contributed by atoms with E-state index in [0.29, 0.717) is 6.04 Å². The van der Waals surface area contributed by atoms with Crippen molar-refractivity contribution in [3.8, 4) is 0 Å². The molecule has 0 aromatic heterocycles. The molecule has 1 heterocycles. The molecule has 0 unspecified atom stereocenters. The van der Waals surface area contributed by atoms with Crippen LogP contribution in [0.1, 0.15) is 80.6 Å². The van der Waals surface area contributed by atoms with Crippen LogP contribution in [0.2, 0.25) is 0 Å². The summed E-state index contributed by atoms with van der Waals surface area (Å²) in [5.41, 5.74) is 2.12. The lowest BCUT2D eigenvalue weighted by atomic mass is 9.96. The van der Waals surface area contributed by atoms with Crippen molar-refractivity contribution in [2.75, 3.05) is 13.1 Å². The molecule has 0 bridgehead atoms. The molecule has 1 aliphatic carbocycles. The maximum absolute atomic E-state index is 12.5. The molecule has 0 spiro atoms. The van der Waals surface area contributed by atoms with E-state index in [9.17, 15) is 4.79 Å².